The molecule has 0 aromatic heterocycles. The van der Waals surface area contributed by atoms with Gasteiger partial charge in [0.1, 0.15) is 0 Å². The van der Waals surface area contributed by atoms with Crippen molar-refractivity contribution in [2.75, 3.05) is 13.1 Å². The molecule has 0 saturated heterocycles. The second-order valence-electron chi connectivity index (χ2n) is 6.28. The molecule has 4 unspecified atom stereocenters. The van der Waals surface area contributed by atoms with Gasteiger partial charge in [0.15, 0.2) is 0 Å². The van der Waals surface area contributed by atoms with Gasteiger partial charge in [0.2, 0.25) is 11.8 Å². The van der Waals surface area contributed by atoms with Crippen LogP contribution in [0.1, 0.15) is 45.4 Å². The average Bonchev–Trinajstić information content (AvgIpc) is 3.15. The summed E-state index contributed by atoms with van der Waals surface area (Å²) < 4.78 is 0. The minimum absolute atomic E-state index is 0.0491. The van der Waals surface area contributed by atoms with Crippen molar-refractivity contribution in [3.8, 4) is 0 Å². The van der Waals surface area contributed by atoms with Crippen molar-refractivity contribution in [3.05, 3.63) is 0 Å². The van der Waals surface area contributed by atoms with Crippen LogP contribution in [-0.2, 0) is 9.59 Å². The fourth-order valence-corrected chi connectivity index (χ4v) is 2.88. The number of hydrogen-bond acceptors (Lipinski definition) is 3. The molecule has 0 spiro atoms. The Hall–Kier alpha value is -1.10. The molecule has 2 aliphatic rings. The standard InChI is InChI=1S/C15H26N2O3/c1-10-8-12(10)15(20)16-7-6-14(19)17-9-11-4-2-3-5-13(11)18/h10-13,18H,2-9H2,1H3,(H,16,20)(H,17,19). The number of rotatable bonds is 6. The topological polar surface area (TPSA) is 78.4 Å². The highest BCUT2D eigenvalue weighted by atomic mass is 16.3. The van der Waals surface area contributed by atoms with E-state index in [2.05, 4.69) is 17.6 Å². The van der Waals surface area contributed by atoms with Crippen LogP contribution in [0.25, 0.3) is 0 Å². The first kappa shape index (κ1) is 15.3. The highest BCUT2D eigenvalue weighted by Crippen LogP contribution is 2.37. The molecule has 5 heteroatoms. The molecule has 0 bridgehead atoms. The first-order valence-corrected chi connectivity index (χ1v) is 7.80. The van der Waals surface area contributed by atoms with Crippen LogP contribution in [0.15, 0.2) is 0 Å². The summed E-state index contributed by atoms with van der Waals surface area (Å²) in [6.45, 7) is 3.02. The van der Waals surface area contributed by atoms with E-state index in [-0.39, 0.29) is 29.8 Å². The molecule has 2 aliphatic carbocycles. The minimum Gasteiger partial charge on any atom is -0.393 e. The summed E-state index contributed by atoms with van der Waals surface area (Å²) >= 11 is 0. The van der Waals surface area contributed by atoms with Crippen LogP contribution in [0.3, 0.4) is 0 Å². The van der Waals surface area contributed by atoms with Gasteiger partial charge in [-0.1, -0.05) is 19.8 Å². The molecule has 0 heterocycles. The monoisotopic (exact) mass is 282 g/mol. The van der Waals surface area contributed by atoms with E-state index in [1.807, 2.05) is 0 Å². The van der Waals surface area contributed by atoms with Gasteiger partial charge in [-0.25, -0.2) is 0 Å². The van der Waals surface area contributed by atoms with Crippen molar-refractivity contribution in [1.82, 2.24) is 10.6 Å². The van der Waals surface area contributed by atoms with Gasteiger partial charge in [-0.15, -0.1) is 0 Å². The van der Waals surface area contributed by atoms with Crippen LogP contribution in [0, 0.1) is 17.8 Å². The van der Waals surface area contributed by atoms with Crippen LogP contribution in [0.5, 0.6) is 0 Å². The largest absolute Gasteiger partial charge is 0.393 e. The van der Waals surface area contributed by atoms with E-state index in [0.29, 0.717) is 25.4 Å². The molecule has 3 N–H and O–H groups in total. The van der Waals surface area contributed by atoms with Crippen LogP contribution >= 0.6 is 0 Å². The van der Waals surface area contributed by atoms with Crippen LogP contribution in [-0.4, -0.2) is 36.1 Å². The first-order chi connectivity index (χ1) is 9.58. The predicted molar refractivity (Wildman–Crippen MR) is 75.9 cm³/mol. The van der Waals surface area contributed by atoms with Gasteiger partial charge in [0, 0.05) is 31.3 Å². The van der Waals surface area contributed by atoms with Crippen molar-refractivity contribution < 1.29 is 14.7 Å². The lowest BCUT2D eigenvalue weighted by molar-refractivity contribution is -0.123. The lowest BCUT2D eigenvalue weighted by Crippen LogP contribution is -2.38. The number of carbonyl (C=O) groups excluding carboxylic acids is 2. The smallest absolute Gasteiger partial charge is 0.223 e. The van der Waals surface area contributed by atoms with Crippen molar-refractivity contribution in [3.63, 3.8) is 0 Å². The molecule has 4 atom stereocenters. The first-order valence-electron chi connectivity index (χ1n) is 7.80. The summed E-state index contributed by atoms with van der Waals surface area (Å²) in [6.07, 6.45) is 5.05. The van der Waals surface area contributed by atoms with Crippen molar-refractivity contribution >= 4 is 11.8 Å². The zero-order valence-electron chi connectivity index (χ0n) is 12.2. The van der Waals surface area contributed by atoms with Crippen molar-refractivity contribution in [2.45, 2.75) is 51.6 Å². The van der Waals surface area contributed by atoms with E-state index in [1.54, 1.807) is 0 Å². The fourth-order valence-electron chi connectivity index (χ4n) is 2.88. The highest BCUT2D eigenvalue weighted by Gasteiger charge is 2.38. The molecule has 0 aromatic carbocycles. The van der Waals surface area contributed by atoms with Crippen molar-refractivity contribution in [2.24, 2.45) is 17.8 Å². The quantitative estimate of drug-likeness (QED) is 0.675. The number of aliphatic hydroxyl groups is 1. The molecule has 2 fully saturated rings. The highest BCUT2D eigenvalue weighted by molar-refractivity contribution is 5.82. The van der Waals surface area contributed by atoms with Crippen molar-refractivity contribution in [1.29, 1.82) is 0 Å². The third kappa shape index (κ3) is 4.47. The lowest BCUT2D eigenvalue weighted by atomic mass is 9.86. The molecular weight excluding hydrogens is 256 g/mol. The molecule has 2 amide bonds. The predicted octanol–water partition coefficient (Wildman–Crippen LogP) is 0.816. The van der Waals surface area contributed by atoms with E-state index in [9.17, 15) is 14.7 Å². The van der Waals surface area contributed by atoms with Gasteiger partial charge in [-0.2, -0.15) is 0 Å². The Labute approximate surface area is 120 Å². The zero-order valence-corrected chi connectivity index (χ0v) is 12.2. The zero-order chi connectivity index (χ0) is 14.5. The number of nitrogens with one attached hydrogen (secondary N) is 2. The van der Waals surface area contributed by atoms with Gasteiger partial charge < -0.3 is 15.7 Å². The summed E-state index contributed by atoms with van der Waals surface area (Å²) in [7, 11) is 0. The maximum Gasteiger partial charge on any atom is 0.223 e. The second-order valence-corrected chi connectivity index (χ2v) is 6.28. The molecule has 20 heavy (non-hydrogen) atoms. The maximum absolute atomic E-state index is 11.7. The Kier molecular flexibility index (Phi) is 5.40. The Morgan fingerprint density at radius 3 is 2.55 bits per heavy atom. The minimum atomic E-state index is -0.278. The molecule has 0 aromatic rings. The van der Waals surface area contributed by atoms with E-state index in [0.717, 1.165) is 32.1 Å². The number of carbonyl (C=O) groups is 2. The molecule has 5 nitrogen and oxygen atoms in total. The van der Waals surface area contributed by atoms with Gasteiger partial charge >= 0.3 is 0 Å². The third-order valence-electron chi connectivity index (χ3n) is 4.53. The molecule has 2 rings (SSSR count). The molecule has 114 valence electrons. The Bertz CT molecular complexity index is 359. The van der Waals surface area contributed by atoms with Gasteiger partial charge in [0.25, 0.3) is 0 Å². The summed E-state index contributed by atoms with van der Waals surface area (Å²) in [4.78, 5) is 23.2. The molecular formula is C15H26N2O3. The van der Waals surface area contributed by atoms with Crippen LogP contribution < -0.4 is 10.6 Å². The Morgan fingerprint density at radius 1 is 1.20 bits per heavy atom. The number of aliphatic hydroxyl groups excluding tert-OH is 1. The summed E-state index contributed by atoms with van der Waals surface area (Å²) in [5.41, 5.74) is 0. The van der Waals surface area contributed by atoms with Gasteiger partial charge in [0.05, 0.1) is 6.10 Å². The van der Waals surface area contributed by atoms with Crippen LogP contribution in [0.2, 0.25) is 0 Å². The second kappa shape index (κ2) is 7.07. The summed E-state index contributed by atoms with van der Waals surface area (Å²) in [5.74, 6) is 0.876. The Balaban J connectivity index is 1.55. The molecule has 2 saturated carbocycles. The summed E-state index contributed by atoms with van der Waals surface area (Å²) in [6, 6.07) is 0. The van der Waals surface area contributed by atoms with E-state index in [4.69, 9.17) is 0 Å². The van der Waals surface area contributed by atoms with Gasteiger partial charge in [-0.05, 0) is 25.2 Å². The average molecular weight is 282 g/mol. The fraction of sp³-hybridized carbons (Fsp3) is 0.867. The van der Waals surface area contributed by atoms with E-state index >= 15 is 0 Å². The molecule has 0 aliphatic heterocycles. The Morgan fingerprint density at radius 2 is 1.90 bits per heavy atom. The SMILES string of the molecule is CC1CC1C(=O)NCCC(=O)NCC1CCCCC1O. The van der Waals surface area contributed by atoms with Crippen LogP contribution in [0.4, 0.5) is 0 Å². The molecule has 0 radical (unpaired) electrons. The maximum atomic E-state index is 11.7. The number of amides is 2. The van der Waals surface area contributed by atoms with Gasteiger partial charge in [-0.3, -0.25) is 9.59 Å². The van der Waals surface area contributed by atoms with E-state index in [1.165, 1.54) is 0 Å². The normalized spacial score (nSPS) is 32.5. The summed E-state index contributed by atoms with van der Waals surface area (Å²) in [5, 5.41) is 15.5. The van der Waals surface area contributed by atoms with E-state index < -0.39 is 0 Å². The lowest BCUT2D eigenvalue weighted by Gasteiger charge is -2.27. The third-order valence-corrected chi connectivity index (χ3v) is 4.53. The number of hydrogen-bond donors (Lipinski definition) is 3.